The van der Waals surface area contributed by atoms with Gasteiger partial charge in [-0.3, -0.25) is 0 Å². The Morgan fingerprint density at radius 3 is 2.25 bits per heavy atom. The average Bonchev–Trinajstić information content (AvgIpc) is 2.46. The van der Waals surface area contributed by atoms with Gasteiger partial charge in [-0.05, 0) is 30.7 Å². The highest BCUT2D eigenvalue weighted by Gasteiger charge is 2.29. The van der Waals surface area contributed by atoms with Gasteiger partial charge in [0.05, 0.1) is 14.2 Å². The third kappa shape index (κ3) is 2.47. The molecule has 0 amide bonds. The van der Waals surface area contributed by atoms with E-state index >= 15 is 0 Å². The van der Waals surface area contributed by atoms with E-state index in [-0.39, 0.29) is 5.56 Å². The average molecular weight is 276 g/mol. The highest BCUT2D eigenvalue weighted by molar-refractivity contribution is 5.47. The minimum Gasteiger partial charge on any atom is -0.493 e. The van der Waals surface area contributed by atoms with Gasteiger partial charge in [-0.25, -0.2) is 4.39 Å². The minimum absolute atomic E-state index is 0.215. The second kappa shape index (κ2) is 5.51. The highest BCUT2D eigenvalue weighted by atomic mass is 19.1. The first-order chi connectivity index (χ1) is 9.50. The first-order valence-electron chi connectivity index (χ1n) is 6.20. The van der Waals surface area contributed by atoms with Crippen LogP contribution >= 0.6 is 0 Å². The quantitative estimate of drug-likeness (QED) is 0.932. The molecule has 3 nitrogen and oxygen atoms in total. The van der Waals surface area contributed by atoms with E-state index in [2.05, 4.69) is 0 Å². The molecule has 1 unspecified atom stereocenters. The molecule has 20 heavy (non-hydrogen) atoms. The number of methoxy groups -OCH3 is 2. The summed E-state index contributed by atoms with van der Waals surface area (Å²) >= 11 is 0. The molecule has 0 heterocycles. The molecule has 0 spiro atoms. The molecular formula is C16H17FO3. The lowest BCUT2D eigenvalue weighted by atomic mass is 9.87. The maximum atomic E-state index is 13.9. The molecule has 0 aliphatic rings. The van der Waals surface area contributed by atoms with Crippen molar-refractivity contribution < 1.29 is 19.0 Å². The van der Waals surface area contributed by atoms with E-state index in [4.69, 9.17) is 9.47 Å². The molecule has 106 valence electrons. The van der Waals surface area contributed by atoms with Crippen molar-refractivity contribution in [2.45, 2.75) is 12.5 Å². The Morgan fingerprint density at radius 1 is 1.00 bits per heavy atom. The van der Waals surface area contributed by atoms with E-state index in [0.29, 0.717) is 17.1 Å². The van der Waals surface area contributed by atoms with Crippen molar-refractivity contribution in [1.29, 1.82) is 0 Å². The number of halogens is 1. The zero-order chi connectivity index (χ0) is 14.8. The second-order valence-corrected chi connectivity index (χ2v) is 4.62. The van der Waals surface area contributed by atoms with Gasteiger partial charge < -0.3 is 14.6 Å². The Hall–Kier alpha value is -2.07. The molecule has 2 rings (SSSR count). The van der Waals surface area contributed by atoms with Gasteiger partial charge >= 0.3 is 0 Å². The van der Waals surface area contributed by atoms with Gasteiger partial charge in [0, 0.05) is 5.56 Å². The van der Waals surface area contributed by atoms with Crippen LogP contribution in [0.25, 0.3) is 0 Å². The SMILES string of the molecule is COc1ccc(C(C)(O)c2ccccc2F)cc1OC. The van der Waals surface area contributed by atoms with Crippen molar-refractivity contribution in [2.24, 2.45) is 0 Å². The molecular weight excluding hydrogens is 259 g/mol. The highest BCUT2D eigenvalue weighted by Crippen LogP contribution is 2.36. The molecule has 0 aromatic heterocycles. The number of ether oxygens (including phenoxy) is 2. The van der Waals surface area contributed by atoms with Crippen molar-refractivity contribution in [3.8, 4) is 11.5 Å². The van der Waals surface area contributed by atoms with Crippen molar-refractivity contribution in [2.75, 3.05) is 14.2 Å². The van der Waals surface area contributed by atoms with Gasteiger partial charge in [0.1, 0.15) is 11.4 Å². The summed E-state index contributed by atoms with van der Waals surface area (Å²) in [6.45, 7) is 1.55. The van der Waals surface area contributed by atoms with Crippen molar-refractivity contribution in [3.63, 3.8) is 0 Å². The number of benzene rings is 2. The predicted octanol–water partition coefficient (Wildman–Crippen LogP) is 3.10. The molecule has 0 aliphatic heterocycles. The van der Waals surface area contributed by atoms with E-state index < -0.39 is 11.4 Å². The monoisotopic (exact) mass is 276 g/mol. The Bertz CT molecular complexity index is 608. The largest absolute Gasteiger partial charge is 0.493 e. The molecule has 1 N–H and O–H groups in total. The summed E-state index contributed by atoms with van der Waals surface area (Å²) in [6.07, 6.45) is 0. The van der Waals surface area contributed by atoms with Crippen molar-refractivity contribution in [1.82, 2.24) is 0 Å². The Morgan fingerprint density at radius 2 is 1.65 bits per heavy atom. The van der Waals surface area contributed by atoms with Crippen LogP contribution in [0.1, 0.15) is 18.1 Å². The maximum Gasteiger partial charge on any atom is 0.161 e. The summed E-state index contributed by atoms with van der Waals surface area (Å²) in [6, 6.07) is 11.2. The van der Waals surface area contributed by atoms with Crippen LogP contribution in [-0.2, 0) is 5.60 Å². The van der Waals surface area contributed by atoms with E-state index in [9.17, 15) is 9.50 Å². The lowest BCUT2D eigenvalue weighted by molar-refractivity contribution is 0.0976. The number of hydrogen-bond acceptors (Lipinski definition) is 3. The summed E-state index contributed by atoms with van der Waals surface area (Å²) in [5, 5.41) is 10.7. The van der Waals surface area contributed by atoms with E-state index in [1.807, 2.05) is 0 Å². The lowest BCUT2D eigenvalue weighted by Gasteiger charge is -2.25. The van der Waals surface area contributed by atoms with Gasteiger partial charge in [-0.2, -0.15) is 0 Å². The fourth-order valence-corrected chi connectivity index (χ4v) is 2.15. The first kappa shape index (κ1) is 14.3. The van der Waals surface area contributed by atoms with Crippen LogP contribution in [0.15, 0.2) is 42.5 Å². The summed E-state index contributed by atoms with van der Waals surface area (Å²) in [5.74, 6) is 0.592. The number of aliphatic hydroxyl groups is 1. The lowest BCUT2D eigenvalue weighted by Crippen LogP contribution is -2.24. The predicted molar refractivity (Wildman–Crippen MR) is 74.6 cm³/mol. The van der Waals surface area contributed by atoms with Crippen LogP contribution in [0.4, 0.5) is 4.39 Å². The standard InChI is InChI=1S/C16H17FO3/c1-16(18,12-6-4-5-7-13(12)17)11-8-9-14(19-2)15(10-11)20-3/h4-10,18H,1-3H3. The molecule has 0 bridgehead atoms. The fourth-order valence-electron chi connectivity index (χ4n) is 2.15. The van der Waals surface area contributed by atoms with Gasteiger partial charge in [-0.1, -0.05) is 24.3 Å². The number of rotatable bonds is 4. The second-order valence-electron chi connectivity index (χ2n) is 4.62. The van der Waals surface area contributed by atoms with Gasteiger partial charge in [0.15, 0.2) is 11.5 Å². The summed E-state index contributed by atoms with van der Waals surface area (Å²) in [5.41, 5.74) is -0.710. The zero-order valence-electron chi connectivity index (χ0n) is 11.7. The molecule has 0 saturated heterocycles. The molecule has 2 aromatic carbocycles. The molecule has 0 radical (unpaired) electrons. The van der Waals surface area contributed by atoms with Crippen LogP contribution in [0.3, 0.4) is 0 Å². The number of hydrogen-bond donors (Lipinski definition) is 1. The van der Waals surface area contributed by atoms with Crippen LogP contribution in [0, 0.1) is 5.82 Å². The van der Waals surface area contributed by atoms with Crippen LogP contribution in [-0.4, -0.2) is 19.3 Å². The third-order valence-corrected chi connectivity index (χ3v) is 3.34. The van der Waals surface area contributed by atoms with Crippen LogP contribution < -0.4 is 9.47 Å². The molecule has 4 heteroatoms. The Balaban J connectivity index is 2.52. The molecule has 2 aromatic rings. The fraction of sp³-hybridized carbons (Fsp3) is 0.250. The van der Waals surface area contributed by atoms with E-state index in [1.165, 1.54) is 20.3 Å². The van der Waals surface area contributed by atoms with E-state index in [0.717, 1.165) is 0 Å². The smallest absolute Gasteiger partial charge is 0.161 e. The maximum absolute atomic E-state index is 13.9. The summed E-state index contributed by atoms with van der Waals surface area (Å²) in [4.78, 5) is 0. The molecule has 1 atom stereocenters. The summed E-state index contributed by atoms with van der Waals surface area (Å²) in [7, 11) is 3.05. The van der Waals surface area contributed by atoms with E-state index in [1.54, 1.807) is 43.3 Å². The van der Waals surface area contributed by atoms with Crippen molar-refractivity contribution >= 4 is 0 Å². The normalized spacial score (nSPS) is 13.7. The van der Waals surface area contributed by atoms with Crippen molar-refractivity contribution in [3.05, 3.63) is 59.4 Å². The molecule has 0 saturated carbocycles. The van der Waals surface area contributed by atoms with Gasteiger partial charge in [0.25, 0.3) is 0 Å². The van der Waals surface area contributed by atoms with Crippen LogP contribution in [0.5, 0.6) is 11.5 Å². The minimum atomic E-state index is -1.45. The first-order valence-corrected chi connectivity index (χ1v) is 6.20. The Kier molecular flexibility index (Phi) is 3.95. The topological polar surface area (TPSA) is 38.7 Å². The molecule has 0 fully saturated rings. The zero-order valence-corrected chi connectivity index (χ0v) is 11.7. The van der Waals surface area contributed by atoms with Gasteiger partial charge in [-0.15, -0.1) is 0 Å². The molecule has 0 aliphatic carbocycles. The van der Waals surface area contributed by atoms with Gasteiger partial charge in [0.2, 0.25) is 0 Å². The van der Waals surface area contributed by atoms with Crippen LogP contribution in [0.2, 0.25) is 0 Å². The third-order valence-electron chi connectivity index (χ3n) is 3.34. The summed E-state index contributed by atoms with van der Waals surface area (Å²) < 4.78 is 24.2. The Labute approximate surface area is 117 Å².